The van der Waals surface area contributed by atoms with Gasteiger partial charge in [0.2, 0.25) is 0 Å². The van der Waals surface area contributed by atoms with Crippen LogP contribution >= 0.6 is 0 Å². The lowest BCUT2D eigenvalue weighted by molar-refractivity contribution is -0.132. The molecule has 0 aromatic rings. The van der Waals surface area contributed by atoms with Gasteiger partial charge in [0.25, 0.3) is 5.91 Å². The molecule has 4 heteroatoms. The molecule has 1 amide bonds. The van der Waals surface area contributed by atoms with Crippen LogP contribution in [0.25, 0.3) is 0 Å². The van der Waals surface area contributed by atoms with E-state index in [0.717, 1.165) is 19.3 Å². The van der Waals surface area contributed by atoms with Crippen LogP contribution in [0.5, 0.6) is 0 Å². The Morgan fingerprint density at radius 1 is 1.43 bits per heavy atom. The van der Waals surface area contributed by atoms with Crippen molar-refractivity contribution in [1.29, 1.82) is 0 Å². The zero-order chi connectivity index (χ0) is 10.6. The molecule has 0 aromatic carbocycles. The molecule has 1 N–H and O–H groups in total. The highest BCUT2D eigenvalue weighted by Crippen LogP contribution is 2.28. The van der Waals surface area contributed by atoms with Crippen LogP contribution in [0, 0.1) is 11.8 Å². The number of carbonyl (C=O) groups is 1. The molecule has 0 aromatic heterocycles. The summed E-state index contributed by atoms with van der Waals surface area (Å²) in [5.74, 6) is -0.212. The fourth-order valence-electron chi connectivity index (χ4n) is 2.01. The molecule has 0 spiro atoms. The molecule has 0 aliphatic heterocycles. The molecule has 1 aliphatic rings. The second-order valence-corrected chi connectivity index (χ2v) is 4.07. The van der Waals surface area contributed by atoms with Crippen LogP contribution in [0.2, 0.25) is 0 Å². The maximum absolute atomic E-state index is 11.9. The van der Waals surface area contributed by atoms with Gasteiger partial charge in [-0.1, -0.05) is 26.2 Å². The van der Waals surface area contributed by atoms with Crippen LogP contribution in [0.3, 0.4) is 0 Å². The van der Waals surface area contributed by atoms with Gasteiger partial charge in [-0.15, -0.1) is 0 Å². The van der Waals surface area contributed by atoms with E-state index in [4.69, 9.17) is 0 Å². The average molecular weight is 205 g/mol. The first-order valence-corrected chi connectivity index (χ1v) is 5.17. The highest BCUT2D eigenvalue weighted by molar-refractivity contribution is 5.79. The summed E-state index contributed by atoms with van der Waals surface area (Å²) in [5, 5.41) is 2.29. The number of hydrogen-bond acceptors (Lipinski definition) is 1. The van der Waals surface area contributed by atoms with Gasteiger partial charge in [-0.05, 0) is 18.3 Å². The van der Waals surface area contributed by atoms with E-state index in [0.29, 0.717) is 18.4 Å². The average Bonchev–Trinajstić information content (AvgIpc) is 2.16. The van der Waals surface area contributed by atoms with Gasteiger partial charge in [0.1, 0.15) is 0 Å². The highest BCUT2D eigenvalue weighted by atomic mass is 19.3. The van der Waals surface area contributed by atoms with Gasteiger partial charge in [0.15, 0.2) is 0 Å². The van der Waals surface area contributed by atoms with E-state index in [9.17, 15) is 13.6 Å². The van der Waals surface area contributed by atoms with Gasteiger partial charge < -0.3 is 5.32 Å². The number of alkyl halides is 2. The van der Waals surface area contributed by atoms with E-state index in [2.05, 4.69) is 12.2 Å². The molecule has 2 nitrogen and oxygen atoms in total. The van der Waals surface area contributed by atoms with Crippen LogP contribution in [-0.2, 0) is 4.79 Å². The summed E-state index contributed by atoms with van der Waals surface area (Å²) >= 11 is 0. The summed E-state index contributed by atoms with van der Waals surface area (Å²) in [6.45, 7) is 2.53. The Kier molecular flexibility index (Phi) is 4.29. The molecule has 1 fully saturated rings. The maximum Gasteiger partial charge on any atom is 0.315 e. The van der Waals surface area contributed by atoms with Gasteiger partial charge >= 0.3 is 6.43 Å². The van der Waals surface area contributed by atoms with Crippen LogP contribution in [0.15, 0.2) is 0 Å². The number of hydrogen-bond donors (Lipinski definition) is 1. The predicted molar refractivity (Wildman–Crippen MR) is 50.1 cm³/mol. The van der Waals surface area contributed by atoms with Gasteiger partial charge in [0.05, 0.1) is 0 Å². The molecule has 1 rings (SSSR count). The summed E-state index contributed by atoms with van der Waals surface area (Å²) in [4.78, 5) is 10.6. The lowest BCUT2D eigenvalue weighted by Crippen LogP contribution is -2.36. The molecule has 1 saturated carbocycles. The third-order valence-electron chi connectivity index (χ3n) is 3.03. The van der Waals surface area contributed by atoms with Crippen molar-refractivity contribution in [3.63, 3.8) is 0 Å². The van der Waals surface area contributed by atoms with Crippen molar-refractivity contribution in [2.24, 2.45) is 11.8 Å². The molecular formula is C10H17F2NO. The van der Waals surface area contributed by atoms with Crippen LogP contribution in [-0.4, -0.2) is 18.9 Å². The summed E-state index contributed by atoms with van der Waals surface area (Å²) in [6.07, 6.45) is 1.69. The Morgan fingerprint density at radius 2 is 2.07 bits per heavy atom. The molecule has 0 radical (unpaired) electrons. The molecule has 0 bridgehead atoms. The van der Waals surface area contributed by atoms with E-state index in [1.54, 1.807) is 0 Å². The zero-order valence-electron chi connectivity index (χ0n) is 8.43. The summed E-state index contributed by atoms with van der Waals surface area (Å²) in [7, 11) is 0. The minimum absolute atomic E-state index is 0.381. The normalized spacial score (nSPS) is 27.7. The first-order valence-electron chi connectivity index (χ1n) is 5.17. The maximum atomic E-state index is 11.9. The molecule has 14 heavy (non-hydrogen) atoms. The molecule has 0 saturated heterocycles. The number of rotatable bonds is 3. The van der Waals surface area contributed by atoms with Gasteiger partial charge in [-0.25, -0.2) is 0 Å². The van der Waals surface area contributed by atoms with E-state index < -0.39 is 12.3 Å². The number of amides is 1. The van der Waals surface area contributed by atoms with Crippen molar-refractivity contribution in [3.8, 4) is 0 Å². The van der Waals surface area contributed by atoms with E-state index in [1.807, 2.05) is 0 Å². The number of carbonyl (C=O) groups excluding carboxylic acids is 1. The Labute approximate surface area is 83.1 Å². The third-order valence-corrected chi connectivity index (χ3v) is 3.03. The van der Waals surface area contributed by atoms with E-state index >= 15 is 0 Å². The van der Waals surface area contributed by atoms with E-state index in [-0.39, 0.29) is 0 Å². The van der Waals surface area contributed by atoms with Gasteiger partial charge in [0, 0.05) is 6.54 Å². The Bertz CT molecular complexity index is 197. The standard InChI is InChI=1S/C10H17F2NO/c1-7-4-2-3-5-8(7)6-13-10(14)9(11)12/h7-9H,2-6H2,1H3,(H,13,14). The fraction of sp³-hybridized carbons (Fsp3) is 0.900. The Balaban J connectivity index is 2.26. The second-order valence-electron chi connectivity index (χ2n) is 4.07. The summed E-state index contributed by atoms with van der Waals surface area (Å²) in [6, 6.07) is 0. The second kappa shape index (κ2) is 5.27. The van der Waals surface area contributed by atoms with Crippen molar-refractivity contribution in [2.45, 2.75) is 39.0 Å². The highest BCUT2D eigenvalue weighted by Gasteiger charge is 2.23. The summed E-state index contributed by atoms with van der Waals surface area (Å²) in [5.41, 5.74) is 0. The largest absolute Gasteiger partial charge is 0.351 e. The lowest BCUT2D eigenvalue weighted by atomic mass is 9.80. The minimum Gasteiger partial charge on any atom is -0.351 e. The molecular weight excluding hydrogens is 188 g/mol. The van der Waals surface area contributed by atoms with Gasteiger partial charge in [-0.2, -0.15) is 8.78 Å². The monoisotopic (exact) mass is 205 g/mol. The quantitative estimate of drug-likeness (QED) is 0.751. The van der Waals surface area contributed by atoms with Crippen molar-refractivity contribution in [3.05, 3.63) is 0 Å². The van der Waals surface area contributed by atoms with Crippen LogP contribution in [0.4, 0.5) is 8.78 Å². The molecule has 82 valence electrons. The Morgan fingerprint density at radius 3 is 2.64 bits per heavy atom. The zero-order valence-corrected chi connectivity index (χ0v) is 8.43. The predicted octanol–water partition coefficient (Wildman–Crippen LogP) is 2.19. The number of nitrogens with one attached hydrogen (secondary N) is 1. The molecule has 2 unspecified atom stereocenters. The van der Waals surface area contributed by atoms with Crippen molar-refractivity contribution in [1.82, 2.24) is 5.32 Å². The lowest BCUT2D eigenvalue weighted by Gasteiger charge is -2.28. The van der Waals surface area contributed by atoms with Gasteiger partial charge in [-0.3, -0.25) is 4.79 Å². The van der Waals surface area contributed by atoms with Crippen molar-refractivity contribution < 1.29 is 13.6 Å². The van der Waals surface area contributed by atoms with Crippen LogP contribution in [0.1, 0.15) is 32.6 Å². The molecule has 1 aliphatic carbocycles. The first-order chi connectivity index (χ1) is 6.61. The number of halogens is 2. The van der Waals surface area contributed by atoms with Crippen molar-refractivity contribution in [2.75, 3.05) is 6.54 Å². The fourth-order valence-corrected chi connectivity index (χ4v) is 2.01. The molecule has 0 heterocycles. The van der Waals surface area contributed by atoms with Crippen LogP contribution < -0.4 is 5.32 Å². The van der Waals surface area contributed by atoms with E-state index in [1.165, 1.54) is 6.42 Å². The Hall–Kier alpha value is -0.670. The van der Waals surface area contributed by atoms with Crippen molar-refractivity contribution >= 4 is 5.91 Å². The SMILES string of the molecule is CC1CCCCC1CNC(=O)C(F)F. The minimum atomic E-state index is -2.88. The first kappa shape index (κ1) is 11.4. The topological polar surface area (TPSA) is 29.1 Å². The summed E-state index contributed by atoms with van der Waals surface area (Å²) < 4.78 is 23.7. The third kappa shape index (κ3) is 3.24. The smallest absolute Gasteiger partial charge is 0.315 e. The molecule has 2 atom stereocenters.